The van der Waals surface area contributed by atoms with Gasteiger partial charge in [-0.2, -0.15) is 0 Å². The maximum Gasteiger partial charge on any atom is 0.321 e. The molecule has 0 aliphatic carbocycles. The number of hydrogen-bond donors (Lipinski definition) is 1. The van der Waals surface area contributed by atoms with Gasteiger partial charge in [0.15, 0.2) is 0 Å². The van der Waals surface area contributed by atoms with Crippen molar-refractivity contribution in [2.75, 3.05) is 13.7 Å². The highest BCUT2D eigenvalue weighted by Gasteiger charge is 2.16. The summed E-state index contributed by atoms with van der Waals surface area (Å²) in [6.45, 7) is 2.08. The van der Waals surface area contributed by atoms with E-state index in [2.05, 4.69) is 41.9 Å². The second-order valence-corrected chi connectivity index (χ2v) is 5.74. The van der Waals surface area contributed by atoms with Gasteiger partial charge in [-0.3, -0.25) is 9.59 Å². The van der Waals surface area contributed by atoms with Crippen LogP contribution in [0.25, 0.3) is 0 Å². The van der Waals surface area contributed by atoms with Crippen LogP contribution < -0.4 is 5.32 Å². The first kappa shape index (κ1) is 15.2. The number of methoxy groups -OCH3 is 1. The molecule has 1 unspecified atom stereocenters. The zero-order chi connectivity index (χ0) is 13.7. The molecule has 0 aromatic heterocycles. The van der Waals surface area contributed by atoms with Gasteiger partial charge in [-0.05, 0) is 30.7 Å². The number of carbonyl (C=O) groups is 2. The highest BCUT2D eigenvalue weighted by atomic mass is 79.9. The molecule has 0 radical (unpaired) electrons. The highest BCUT2D eigenvalue weighted by Crippen LogP contribution is 2.15. The Morgan fingerprint density at radius 2 is 2.06 bits per heavy atom. The van der Waals surface area contributed by atoms with Crippen molar-refractivity contribution >= 4 is 43.7 Å². The lowest BCUT2D eigenvalue weighted by atomic mass is 10.1. The Morgan fingerprint density at radius 1 is 1.39 bits per heavy atom. The molecule has 1 N–H and O–H groups in total. The van der Waals surface area contributed by atoms with E-state index in [1.165, 1.54) is 7.11 Å². The van der Waals surface area contributed by atoms with Gasteiger partial charge in [0.05, 0.1) is 7.11 Å². The van der Waals surface area contributed by atoms with E-state index >= 15 is 0 Å². The molecule has 0 fully saturated rings. The number of aryl methyl sites for hydroxylation is 1. The van der Waals surface area contributed by atoms with E-state index in [0.29, 0.717) is 5.56 Å². The minimum atomic E-state index is -0.542. The molecule has 0 heterocycles. The van der Waals surface area contributed by atoms with E-state index < -0.39 is 10.8 Å². The Hall–Kier alpha value is -0.880. The molecule has 1 rings (SSSR count). The van der Waals surface area contributed by atoms with Crippen LogP contribution in [0.4, 0.5) is 0 Å². The average Bonchev–Trinajstić information content (AvgIpc) is 2.33. The number of alkyl halides is 1. The van der Waals surface area contributed by atoms with Crippen molar-refractivity contribution in [1.29, 1.82) is 0 Å². The molecule has 1 atom stereocenters. The topological polar surface area (TPSA) is 55.4 Å². The Balaban J connectivity index is 2.63. The third-order valence-electron chi connectivity index (χ3n) is 2.20. The monoisotopic (exact) mass is 377 g/mol. The fraction of sp³-hybridized carbons (Fsp3) is 0.333. The molecule has 0 bridgehead atoms. The third-order valence-corrected chi connectivity index (χ3v) is 3.36. The number of amides is 1. The molecular formula is C12H13Br2NO3. The molecule has 98 valence electrons. The normalized spacial score (nSPS) is 11.8. The van der Waals surface area contributed by atoms with E-state index in [0.717, 1.165) is 10.0 Å². The standard InChI is InChI=1S/C12H13Br2NO3/c1-7-3-8(5-9(13)4-7)11(16)15-6-10(14)12(17)18-2/h3-5,10H,6H2,1-2H3,(H,15,16). The summed E-state index contributed by atoms with van der Waals surface area (Å²) in [5, 5.41) is 2.66. The molecule has 0 saturated heterocycles. The molecule has 6 heteroatoms. The first-order valence-electron chi connectivity index (χ1n) is 5.21. The number of rotatable bonds is 4. The van der Waals surface area contributed by atoms with Gasteiger partial charge in [0.1, 0.15) is 4.83 Å². The highest BCUT2D eigenvalue weighted by molar-refractivity contribution is 9.10. The number of carbonyl (C=O) groups excluding carboxylic acids is 2. The Bertz CT molecular complexity index is 442. The lowest BCUT2D eigenvalue weighted by molar-refractivity contribution is -0.139. The smallest absolute Gasteiger partial charge is 0.321 e. The molecular weight excluding hydrogens is 366 g/mol. The van der Waals surface area contributed by atoms with Gasteiger partial charge < -0.3 is 10.1 Å². The van der Waals surface area contributed by atoms with Crippen LogP contribution in [-0.4, -0.2) is 30.4 Å². The Labute approximate surface area is 122 Å². The van der Waals surface area contributed by atoms with Gasteiger partial charge in [0.2, 0.25) is 0 Å². The summed E-state index contributed by atoms with van der Waals surface area (Å²) >= 11 is 6.47. The molecule has 1 aromatic carbocycles. The number of esters is 1. The SMILES string of the molecule is COC(=O)C(Br)CNC(=O)c1cc(C)cc(Br)c1. The summed E-state index contributed by atoms with van der Waals surface area (Å²) in [5.74, 6) is -0.645. The second kappa shape index (κ2) is 6.89. The summed E-state index contributed by atoms with van der Waals surface area (Å²) in [4.78, 5) is 22.5. The molecule has 0 spiro atoms. The van der Waals surface area contributed by atoms with Gasteiger partial charge in [-0.1, -0.05) is 31.9 Å². The van der Waals surface area contributed by atoms with Crippen LogP contribution in [0.15, 0.2) is 22.7 Å². The fourth-order valence-electron chi connectivity index (χ4n) is 1.36. The van der Waals surface area contributed by atoms with E-state index in [9.17, 15) is 9.59 Å². The van der Waals surface area contributed by atoms with E-state index in [-0.39, 0.29) is 12.5 Å². The van der Waals surface area contributed by atoms with Crippen molar-refractivity contribution in [3.05, 3.63) is 33.8 Å². The van der Waals surface area contributed by atoms with Crippen LogP contribution >= 0.6 is 31.9 Å². The average molecular weight is 379 g/mol. The number of hydrogen-bond acceptors (Lipinski definition) is 3. The van der Waals surface area contributed by atoms with E-state index in [4.69, 9.17) is 0 Å². The van der Waals surface area contributed by atoms with Crippen LogP contribution in [0, 0.1) is 6.92 Å². The summed E-state index contributed by atoms with van der Waals surface area (Å²) in [6.07, 6.45) is 0. The first-order chi connectivity index (χ1) is 8.43. The van der Waals surface area contributed by atoms with Crippen LogP contribution in [0.2, 0.25) is 0 Å². The number of halogens is 2. The molecule has 0 aliphatic rings. The van der Waals surface area contributed by atoms with Crippen LogP contribution in [0.5, 0.6) is 0 Å². The summed E-state index contributed by atoms with van der Waals surface area (Å²) in [7, 11) is 1.30. The predicted octanol–water partition coefficient (Wildman–Crippen LogP) is 2.42. The van der Waals surface area contributed by atoms with Crippen molar-refractivity contribution in [2.45, 2.75) is 11.8 Å². The molecule has 1 amide bonds. The molecule has 18 heavy (non-hydrogen) atoms. The van der Waals surface area contributed by atoms with Crippen molar-refractivity contribution < 1.29 is 14.3 Å². The van der Waals surface area contributed by atoms with Gasteiger partial charge in [-0.25, -0.2) is 0 Å². The van der Waals surface area contributed by atoms with Gasteiger partial charge in [-0.15, -0.1) is 0 Å². The van der Waals surface area contributed by atoms with Crippen molar-refractivity contribution in [1.82, 2.24) is 5.32 Å². The van der Waals surface area contributed by atoms with Crippen molar-refractivity contribution in [2.24, 2.45) is 0 Å². The van der Waals surface area contributed by atoms with E-state index in [1.807, 2.05) is 13.0 Å². The molecule has 0 saturated carbocycles. The Morgan fingerprint density at radius 3 is 2.61 bits per heavy atom. The Kier molecular flexibility index (Phi) is 5.81. The minimum absolute atomic E-state index is 0.178. The lowest BCUT2D eigenvalue weighted by Gasteiger charge is -2.10. The van der Waals surface area contributed by atoms with Gasteiger partial charge >= 0.3 is 5.97 Å². The molecule has 0 aliphatic heterocycles. The van der Waals surface area contributed by atoms with Crippen LogP contribution in [0.3, 0.4) is 0 Å². The van der Waals surface area contributed by atoms with Gasteiger partial charge in [0, 0.05) is 16.6 Å². The first-order valence-corrected chi connectivity index (χ1v) is 6.92. The second-order valence-electron chi connectivity index (χ2n) is 3.72. The van der Waals surface area contributed by atoms with E-state index in [1.54, 1.807) is 12.1 Å². The predicted molar refractivity (Wildman–Crippen MR) is 75.9 cm³/mol. The molecule has 1 aromatic rings. The fourth-order valence-corrected chi connectivity index (χ4v) is 2.32. The largest absolute Gasteiger partial charge is 0.468 e. The zero-order valence-corrected chi connectivity index (χ0v) is 13.2. The summed E-state index contributed by atoms with van der Waals surface area (Å²) in [6, 6.07) is 5.42. The maximum atomic E-state index is 11.9. The van der Waals surface area contributed by atoms with Crippen LogP contribution in [-0.2, 0) is 9.53 Å². The lowest BCUT2D eigenvalue weighted by Crippen LogP contribution is -2.33. The molecule has 4 nitrogen and oxygen atoms in total. The minimum Gasteiger partial charge on any atom is -0.468 e. The third kappa shape index (κ3) is 4.42. The quantitative estimate of drug-likeness (QED) is 0.646. The number of benzene rings is 1. The summed E-state index contributed by atoms with van der Waals surface area (Å²) in [5.41, 5.74) is 1.53. The zero-order valence-electron chi connectivity index (χ0n) is 10.00. The number of ether oxygens (including phenoxy) is 1. The number of nitrogens with one attached hydrogen (secondary N) is 1. The van der Waals surface area contributed by atoms with Gasteiger partial charge in [0.25, 0.3) is 5.91 Å². The summed E-state index contributed by atoms with van der Waals surface area (Å²) < 4.78 is 5.39. The van der Waals surface area contributed by atoms with Crippen molar-refractivity contribution in [3.63, 3.8) is 0 Å². The van der Waals surface area contributed by atoms with Crippen molar-refractivity contribution in [3.8, 4) is 0 Å². The van der Waals surface area contributed by atoms with Crippen LogP contribution in [0.1, 0.15) is 15.9 Å². The maximum absolute atomic E-state index is 11.9.